The van der Waals surface area contributed by atoms with Gasteiger partial charge in [-0.3, -0.25) is 9.69 Å². The summed E-state index contributed by atoms with van der Waals surface area (Å²) in [7, 11) is 0. The van der Waals surface area contributed by atoms with Gasteiger partial charge in [0.25, 0.3) is 0 Å². The molecule has 23 heavy (non-hydrogen) atoms. The number of halogens is 1. The average Bonchev–Trinajstić information content (AvgIpc) is 2.57. The van der Waals surface area contributed by atoms with Crippen LogP contribution in [0.3, 0.4) is 0 Å². The summed E-state index contributed by atoms with van der Waals surface area (Å²) in [6.45, 7) is 1.56. The zero-order valence-corrected chi connectivity index (χ0v) is 13.6. The number of carbonyl (C=O) groups is 1. The van der Waals surface area contributed by atoms with Crippen molar-refractivity contribution in [1.29, 1.82) is 0 Å². The Morgan fingerprint density at radius 1 is 1.04 bits per heavy atom. The van der Waals surface area contributed by atoms with Gasteiger partial charge in [0.15, 0.2) is 0 Å². The van der Waals surface area contributed by atoms with Gasteiger partial charge in [-0.15, -0.1) is 0 Å². The standard InChI is InChI=1S/C19H20ClNO2/c20-17-8-4-7-16(13-17)18(14-5-2-1-3-6-14)21-11-9-15(10-12-21)19(22)23/h1-8,13,15,18H,9-12H2,(H,22,23). The Hall–Kier alpha value is -1.84. The van der Waals surface area contributed by atoms with Crippen LogP contribution in [0, 0.1) is 5.92 Å². The van der Waals surface area contributed by atoms with Gasteiger partial charge in [-0.2, -0.15) is 0 Å². The van der Waals surface area contributed by atoms with E-state index >= 15 is 0 Å². The SMILES string of the molecule is O=C(O)C1CCN(C(c2ccccc2)c2cccc(Cl)c2)CC1. The molecular formula is C19H20ClNO2. The molecule has 0 saturated carbocycles. The molecule has 4 heteroatoms. The maximum atomic E-state index is 11.2. The lowest BCUT2D eigenvalue weighted by atomic mass is 9.91. The van der Waals surface area contributed by atoms with Gasteiger partial charge in [-0.25, -0.2) is 0 Å². The van der Waals surface area contributed by atoms with Crippen molar-refractivity contribution in [3.63, 3.8) is 0 Å². The zero-order valence-electron chi connectivity index (χ0n) is 12.9. The van der Waals surface area contributed by atoms with Gasteiger partial charge < -0.3 is 5.11 Å². The van der Waals surface area contributed by atoms with Crippen LogP contribution in [0.5, 0.6) is 0 Å². The van der Waals surface area contributed by atoms with Crippen LogP contribution < -0.4 is 0 Å². The average molecular weight is 330 g/mol. The lowest BCUT2D eigenvalue weighted by Gasteiger charge is -2.37. The molecule has 0 aromatic heterocycles. The molecule has 0 bridgehead atoms. The van der Waals surface area contributed by atoms with E-state index < -0.39 is 5.97 Å². The van der Waals surface area contributed by atoms with Gasteiger partial charge >= 0.3 is 5.97 Å². The predicted octanol–water partition coefficient (Wildman–Crippen LogP) is 4.23. The van der Waals surface area contributed by atoms with Crippen LogP contribution in [0.1, 0.15) is 30.0 Å². The smallest absolute Gasteiger partial charge is 0.306 e. The molecule has 120 valence electrons. The summed E-state index contributed by atoms with van der Waals surface area (Å²) < 4.78 is 0. The summed E-state index contributed by atoms with van der Waals surface area (Å²) in [5.41, 5.74) is 2.36. The Morgan fingerprint density at radius 3 is 2.30 bits per heavy atom. The van der Waals surface area contributed by atoms with Crippen LogP contribution in [0.15, 0.2) is 54.6 Å². The van der Waals surface area contributed by atoms with Gasteiger partial charge in [-0.05, 0) is 49.2 Å². The quantitative estimate of drug-likeness (QED) is 0.912. The number of piperidine rings is 1. The van der Waals surface area contributed by atoms with Gasteiger partial charge in [0.1, 0.15) is 0 Å². The largest absolute Gasteiger partial charge is 0.481 e. The second-order valence-electron chi connectivity index (χ2n) is 6.02. The first-order valence-corrected chi connectivity index (χ1v) is 8.30. The summed E-state index contributed by atoms with van der Waals surface area (Å²) in [6, 6.07) is 18.4. The number of aliphatic carboxylic acids is 1. The summed E-state index contributed by atoms with van der Waals surface area (Å²) >= 11 is 6.18. The first-order chi connectivity index (χ1) is 11.1. The van der Waals surface area contributed by atoms with Crippen molar-refractivity contribution in [1.82, 2.24) is 4.90 Å². The van der Waals surface area contributed by atoms with Crippen molar-refractivity contribution >= 4 is 17.6 Å². The molecule has 2 aromatic rings. The van der Waals surface area contributed by atoms with E-state index in [1.807, 2.05) is 36.4 Å². The van der Waals surface area contributed by atoms with Crippen molar-refractivity contribution in [3.05, 3.63) is 70.7 Å². The Bertz CT molecular complexity index is 666. The van der Waals surface area contributed by atoms with E-state index in [0.717, 1.165) is 23.7 Å². The second kappa shape index (κ2) is 7.16. The molecule has 1 aliphatic rings. The predicted molar refractivity (Wildman–Crippen MR) is 91.7 cm³/mol. The minimum atomic E-state index is -0.677. The normalized spacial score (nSPS) is 17.8. The number of likely N-dealkylation sites (tertiary alicyclic amines) is 1. The maximum absolute atomic E-state index is 11.2. The van der Waals surface area contributed by atoms with Crippen LogP contribution in [-0.2, 0) is 4.79 Å². The molecule has 2 aromatic carbocycles. The van der Waals surface area contributed by atoms with Gasteiger partial charge in [0, 0.05) is 5.02 Å². The van der Waals surface area contributed by atoms with Crippen molar-refractivity contribution in [3.8, 4) is 0 Å². The third kappa shape index (κ3) is 3.74. The van der Waals surface area contributed by atoms with Crippen molar-refractivity contribution in [2.75, 3.05) is 13.1 Å². The number of benzene rings is 2. The first-order valence-electron chi connectivity index (χ1n) is 7.92. The fourth-order valence-electron chi connectivity index (χ4n) is 3.33. The summed E-state index contributed by atoms with van der Waals surface area (Å²) in [4.78, 5) is 13.5. The van der Waals surface area contributed by atoms with E-state index in [0.29, 0.717) is 12.8 Å². The molecule has 1 heterocycles. The number of rotatable bonds is 4. The topological polar surface area (TPSA) is 40.5 Å². The molecule has 3 nitrogen and oxygen atoms in total. The molecule has 0 aliphatic carbocycles. The monoisotopic (exact) mass is 329 g/mol. The van der Waals surface area contributed by atoms with Crippen LogP contribution in [0.4, 0.5) is 0 Å². The molecule has 0 radical (unpaired) electrons. The summed E-state index contributed by atoms with van der Waals surface area (Å²) in [5.74, 6) is -0.897. The van der Waals surface area contributed by atoms with Gasteiger partial charge in [0.05, 0.1) is 12.0 Å². The molecular weight excluding hydrogens is 310 g/mol. The van der Waals surface area contributed by atoms with Crippen LogP contribution in [0.2, 0.25) is 5.02 Å². The molecule has 1 N–H and O–H groups in total. The Kier molecular flexibility index (Phi) is 4.99. The molecule has 3 rings (SSSR count). The lowest BCUT2D eigenvalue weighted by Crippen LogP contribution is -2.39. The number of nitrogens with zero attached hydrogens (tertiary/aromatic N) is 1. The molecule has 1 fully saturated rings. The van der Waals surface area contributed by atoms with Crippen molar-refractivity contribution < 1.29 is 9.90 Å². The number of hydrogen-bond donors (Lipinski definition) is 1. The van der Waals surface area contributed by atoms with E-state index in [1.165, 1.54) is 5.56 Å². The van der Waals surface area contributed by atoms with Crippen molar-refractivity contribution in [2.45, 2.75) is 18.9 Å². The zero-order chi connectivity index (χ0) is 16.2. The molecule has 1 aliphatic heterocycles. The highest BCUT2D eigenvalue weighted by Gasteiger charge is 2.30. The number of carboxylic acids is 1. The Balaban J connectivity index is 1.89. The lowest BCUT2D eigenvalue weighted by molar-refractivity contribution is -0.143. The van der Waals surface area contributed by atoms with Crippen LogP contribution in [0.25, 0.3) is 0 Å². The van der Waals surface area contributed by atoms with E-state index in [2.05, 4.69) is 23.1 Å². The second-order valence-corrected chi connectivity index (χ2v) is 6.45. The number of carboxylic acid groups (broad SMARTS) is 1. The summed E-state index contributed by atoms with van der Waals surface area (Å²) in [5, 5.41) is 9.92. The minimum absolute atomic E-state index is 0.115. The third-order valence-corrected chi connectivity index (χ3v) is 4.76. The van der Waals surface area contributed by atoms with Gasteiger partial charge in [-0.1, -0.05) is 54.1 Å². The highest BCUT2D eigenvalue weighted by molar-refractivity contribution is 6.30. The molecule has 0 spiro atoms. The summed E-state index contributed by atoms with van der Waals surface area (Å²) in [6.07, 6.45) is 1.39. The minimum Gasteiger partial charge on any atom is -0.481 e. The highest BCUT2D eigenvalue weighted by Crippen LogP contribution is 2.33. The van der Waals surface area contributed by atoms with E-state index in [1.54, 1.807) is 0 Å². The van der Waals surface area contributed by atoms with Gasteiger partial charge in [0.2, 0.25) is 0 Å². The van der Waals surface area contributed by atoms with Crippen LogP contribution in [-0.4, -0.2) is 29.1 Å². The van der Waals surface area contributed by atoms with Crippen LogP contribution >= 0.6 is 11.6 Å². The van der Waals surface area contributed by atoms with Crippen molar-refractivity contribution in [2.24, 2.45) is 5.92 Å². The van der Waals surface area contributed by atoms with E-state index in [4.69, 9.17) is 11.6 Å². The van der Waals surface area contributed by atoms with E-state index in [9.17, 15) is 9.90 Å². The molecule has 0 amide bonds. The Labute approximate surface area is 141 Å². The highest BCUT2D eigenvalue weighted by atomic mass is 35.5. The first kappa shape index (κ1) is 16.0. The molecule has 1 saturated heterocycles. The molecule has 1 unspecified atom stereocenters. The number of hydrogen-bond acceptors (Lipinski definition) is 2. The molecule has 1 atom stereocenters. The van der Waals surface area contributed by atoms with E-state index in [-0.39, 0.29) is 12.0 Å². The fraction of sp³-hybridized carbons (Fsp3) is 0.316. The fourth-order valence-corrected chi connectivity index (χ4v) is 3.53. The third-order valence-electron chi connectivity index (χ3n) is 4.52. The Morgan fingerprint density at radius 2 is 1.70 bits per heavy atom. The maximum Gasteiger partial charge on any atom is 0.306 e.